The van der Waals surface area contributed by atoms with Gasteiger partial charge < -0.3 is 15.4 Å². The summed E-state index contributed by atoms with van der Waals surface area (Å²) in [5.41, 5.74) is 0. The summed E-state index contributed by atoms with van der Waals surface area (Å²) in [6, 6.07) is 0.836. The second kappa shape index (κ2) is 6.54. The Morgan fingerprint density at radius 3 is 2.58 bits per heavy atom. The molecule has 0 aliphatic heterocycles. The molecule has 0 amide bonds. The molecule has 0 saturated heterocycles. The first kappa shape index (κ1) is 13.8. The van der Waals surface area contributed by atoms with E-state index in [1.54, 1.807) is 0 Å². The Labute approximate surface area is 114 Å². The fourth-order valence-electron chi connectivity index (χ4n) is 2.37. The van der Waals surface area contributed by atoms with Crippen molar-refractivity contribution in [3.63, 3.8) is 0 Å². The number of rotatable bonds is 6. The lowest BCUT2D eigenvalue weighted by atomic mass is 10.1. The Bertz CT molecular complexity index is 388. The van der Waals surface area contributed by atoms with Crippen LogP contribution in [-0.4, -0.2) is 34.1 Å². The molecule has 0 bridgehead atoms. The first-order valence-corrected chi connectivity index (χ1v) is 7.10. The minimum atomic E-state index is 0.377. The molecule has 6 heteroatoms. The fourth-order valence-corrected chi connectivity index (χ4v) is 2.37. The van der Waals surface area contributed by atoms with Crippen LogP contribution in [0.2, 0.25) is 0 Å². The molecular weight excluding hydrogens is 242 g/mol. The van der Waals surface area contributed by atoms with E-state index in [4.69, 9.17) is 4.74 Å². The summed E-state index contributed by atoms with van der Waals surface area (Å²) in [5.74, 6) is 1.95. The van der Waals surface area contributed by atoms with Crippen LogP contribution in [0.5, 0.6) is 6.01 Å². The molecule has 6 nitrogen and oxygen atoms in total. The van der Waals surface area contributed by atoms with Gasteiger partial charge in [-0.2, -0.15) is 15.0 Å². The van der Waals surface area contributed by atoms with Gasteiger partial charge in [-0.25, -0.2) is 0 Å². The third-order valence-corrected chi connectivity index (χ3v) is 3.25. The normalized spacial score (nSPS) is 22.3. The number of nitrogens with one attached hydrogen (secondary N) is 2. The van der Waals surface area contributed by atoms with E-state index in [1.807, 2.05) is 13.8 Å². The smallest absolute Gasteiger partial charge is 0.323 e. The highest BCUT2D eigenvalue weighted by molar-refractivity contribution is 5.36. The third-order valence-electron chi connectivity index (χ3n) is 3.25. The summed E-state index contributed by atoms with van der Waals surface area (Å²) in [7, 11) is 0. The summed E-state index contributed by atoms with van der Waals surface area (Å²) in [4.78, 5) is 12.9. The molecule has 2 N–H and O–H groups in total. The van der Waals surface area contributed by atoms with E-state index in [0.29, 0.717) is 30.6 Å². The topological polar surface area (TPSA) is 72.0 Å². The van der Waals surface area contributed by atoms with E-state index in [9.17, 15) is 0 Å². The molecule has 2 atom stereocenters. The average molecular weight is 265 g/mol. The van der Waals surface area contributed by atoms with Crippen molar-refractivity contribution in [2.45, 2.75) is 46.1 Å². The van der Waals surface area contributed by atoms with Crippen LogP contribution < -0.4 is 15.4 Å². The highest BCUT2D eigenvalue weighted by Gasteiger charge is 2.22. The Morgan fingerprint density at radius 2 is 1.95 bits per heavy atom. The number of aromatic nitrogens is 3. The molecular formula is C13H23N5O. The van der Waals surface area contributed by atoms with Crippen LogP contribution in [0, 0.1) is 5.92 Å². The summed E-state index contributed by atoms with van der Waals surface area (Å²) < 4.78 is 5.38. The summed E-state index contributed by atoms with van der Waals surface area (Å²) in [6.45, 7) is 7.54. The maximum Gasteiger partial charge on any atom is 0.323 e. The lowest BCUT2D eigenvalue weighted by molar-refractivity contribution is 0.312. The summed E-state index contributed by atoms with van der Waals surface area (Å²) >= 11 is 0. The van der Waals surface area contributed by atoms with Crippen molar-refractivity contribution in [1.82, 2.24) is 15.0 Å². The number of anilines is 2. The first-order chi connectivity index (χ1) is 9.21. The molecule has 1 aliphatic rings. The average Bonchev–Trinajstić information content (AvgIpc) is 2.75. The molecule has 19 heavy (non-hydrogen) atoms. The third kappa shape index (κ3) is 3.94. The van der Waals surface area contributed by atoms with Gasteiger partial charge in [0.2, 0.25) is 11.9 Å². The SMILES string of the molecule is CCNc1nc(NC2CCC(C)C2)nc(OCC)n1. The predicted molar refractivity (Wildman–Crippen MR) is 75.6 cm³/mol. The highest BCUT2D eigenvalue weighted by Crippen LogP contribution is 2.27. The quantitative estimate of drug-likeness (QED) is 0.822. The fraction of sp³-hybridized carbons (Fsp3) is 0.769. The zero-order valence-electron chi connectivity index (χ0n) is 11.9. The van der Waals surface area contributed by atoms with Crippen LogP contribution >= 0.6 is 0 Å². The van der Waals surface area contributed by atoms with E-state index in [2.05, 4.69) is 32.5 Å². The number of ether oxygens (including phenoxy) is 1. The highest BCUT2D eigenvalue weighted by atomic mass is 16.5. The van der Waals surface area contributed by atoms with Crippen molar-refractivity contribution in [3.05, 3.63) is 0 Å². The van der Waals surface area contributed by atoms with Gasteiger partial charge in [-0.1, -0.05) is 6.92 Å². The van der Waals surface area contributed by atoms with Gasteiger partial charge in [0.1, 0.15) is 0 Å². The molecule has 1 aromatic rings. The minimum Gasteiger partial charge on any atom is -0.464 e. The van der Waals surface area contributed by atoms with Gasteiger partial charge in [-0.3, -0.25) is 0 Å². The molecule has 1 aromatic heterocycles. The second-order valence-electron chi connectivity index (χ2n) is 4.99. The molecule has 0 aromatic carbocycles. The maximum atomic E-state index is 5.38. The zero-order valence-corrected chi connectivity index (χ0v) is 11.9. The van der Waals surface area contributed by atoms with Crippen LogP contribution in [-0.2, 0) is 0 Å². The predicted octanol–water partition coefficient (Wildman–Crippen LogP) is 2.30. The van der Waals surface area contributed by atoms with Gasteiger partial charge in [0.15, 0.2) is 0 Å². The lowest BCUT2D eigenvalue weighted by Gasteiger charge is -2.14. The van der Waals surface area contributed by atoms with Crippen LogP contribution in [0.15, 0.2) is 0 Å². The molecule has 1 fully saturated rings. The van der Waals surface area contributed by atoms with Crippen molar-refractivity contribution < 1.29 is 4.74 Å². The zero-order chi connectivity index (χ0) is 13.7. The van der Waals surface area contributed by atoms with Crippen molar-refractivity contribution in [1.29, 1.82) is 0 Å². The number of nitrogens with zero attached hydrogens (tertiary/aromatic N) is 3. The number of hydrogen-bond donors (Lipinski definition) is 2. The molecule has 1 heterocycles. The molecule has 2 unspecified atom stereocenters. The molecule has 2 rings (SSSR count). The van der Waals surface area contributed by atoms with Crippen LogP contribution in [0.25, 0.3) is 0 Å². The van der Waals surface area contributed by atoms with Crippen LogP contribution in [0.3, 0.4) is 0 Å². The van der Waals surface area contributed by atoms with Crippen LogP contribution in [0.4, 0.5) is 11.9 Å². The van der Waals surface area contributed by atoms with Crippen LogP contribution in [0.1, 0.15) is 40.0 Å². The number of hydrogen-bond acceptors (Lipinski definition) is 6. The van der Waals surface area contributed by atoms with Gasteiger partial charge in [-0.05, 0) is 39.0 Å². The summed E-state index contributed by atoms with van der Waals surface area (Å²) in [6.07, 6.45) is 3.61. The lowest BCUT2D eigenvalue weighted by Crippen LogP contribution is -2.19. The first-order valence-electron chi connectivity index (χ1n) is 7.10. The van der Waals surface area contributed by atoms with E-state index in [0.717, 1.165) is 12.5 Å². The molecule has 0 spiro atoms. The molecule has 0 radical (unpaired) electrons. The second-order valence-corrected chi connectivity index (χ2v) is 4.99. The largest absolute Gasteiger partial charge is 0.464 e. The van der Waals surface area contributed by atoms with E-state index in [-0.39, 0.29) is 0 Å². The van der Waals surface area contributed by atoms with Gasteiger partial charge in [0, 0.05) is 12.6 Å². The Balaban J connectivity index is 2.09. The van der Waals surface area contributed by atoms with Gasteiger partial charge in [0.25, 0.3) is 0 Å². The molecule has 1 saturated carbocycles. The van der Waals surface area contributed by atoms with Crippen molar-refractivity contribution in [3.8, 4) is 6.01 Å². The van der Waals surface area contributed by atoms with Gasteiger partial charge in [0.05, 0.1) is 6.61 Å². The van der Waals surface area contributed by atoms with Gasteiger partial charge in [-0.15, -0.1) is 0 Å². The van der Waals surface area contributed by atoms with Crippen molar-refractivity contribution >= 4 is 11.9 Å². The maximum absolute atomic E-state index is 5.38. The van der Waals surface area contributed by atoms with Gasteiger partial charge >= 0.3 is 6.01 Å². The monoisotopic (exact) mass is 265 g/mol. The van der Waals surface area contributed by atoms with Crippen molar-refractivity contribution in [2.75, 3.05) is 23.8 Å². The van der Waals surface area contributed by atoms with E-state index < -0.39 is 0 Å². The summed E-state index contributed by atoms with van der Waals surface area (Å²) in [5, 5.41) is 6.48. The minimum absolute atomic E-state index is 0.377. The Kier molecular flexibility index (Phi) is 4.76. The van der Waals surface area contributed by atoms with E-state index >= 15 is 0 Å². The van der Waals surface area contributed by atoms with Crippen molar-refractivity contribution in [2.24, 2.45) is 5.92 Å². The standard InChI is InChI=1S/C13H23N5O/c1-4-14-11-16-12(18-13(17-11)19-5-2)15-10-7-6-9(3)8-10/h9-10H,4-8H2,1-3H3,(H2,14,15,16,17,18). The van der Waals surface area contributed by atoms with E-state index in [1.165, 1.54) is 19.3 Å². The molecule has 106 valence electrons. The Hall–Kier alpha value is -1.59. The Morgan fingerprint density at radius 1 is 1.16 bits per heavy atom. The molecule has 1 aliphatic carbocycles.